The van der Waals surface area contributed by atoms with Crippen LogP contribution < -0.4 is 5.32 Å². The summed E-state index contributed by atoms with van der Waals surface area (Å²) >= 11 is 0. The number of rotatable bonds is 6. The van der Waals surface area contributed by atoms with E-state index in [0.29, 0.717) is 11.7 Å². The second-order valence-corrected chi connectivity index (χ2v) is 7.71. The maximum Gasteiger partial charge on any atom is 0.220 e. The monoisotopic (exact) mass is 312 g/mol. The number of allylic oxidation sites excluding steroid dienone is 1. The van der Waals surface area contributed by atoms with E-state index in [1.165, 1.54) is 5.41 Å². The Kier molecular flexibility index (Phi) is 4.82. The van der Waals surface area contributed by atoms with Gasteiger partial charge < -0.3 is 9.84 Å². The molecular weight excluding hydrogens is 292 g/mol. The van der Waals surface area contributed by atoms with Crippen LogP contribution in [0.1, 0.15) is 31.7 Å². The van der Waals surface area contributed by atoms with Crippen LogP contribution in [-0.4, -0.2) is 25.2 Å². The Bertz CT molecular complexity index is 631. The number of aromatic nitrogens is 1. The predicted octanol–water partition coefficient (Wildman–Crippen LogP) is 1.44. The summed E-state index contributed by atoms with van der Waals surface area (Å²) in [5.74, 6) is 0.688. The second kappa shape index (κ2) is 6.43. The molecule has 1 aliphatic rings. The van der Waals surface area contributed by atoms with Crippen LogP contribution in [0.3, 0.4) is 0 Å². The Hall–Kier alpha value is -1.63. The van der Waals surface area contributed by atoms with E-state index < -0.39 is 9.84 Å². The molecule has 0 aromatic carbocycles. The van der Waals surface area contributed by atoms with E-state index in [1.807, 2.05) is 6.07 Å². The van der Waals surface area contributed by atoms with Crippen LogP contribution in [0, 0.1) is 11.8 Å². The summed E-state index contributed by atoms with van der Waals surface area (Å²) in [5.41, 5.74) is 0.874. The molecule has 1 aliphatic heterocycles. The van der Waals surface area contributed by atoms with Crippen molar-refractivity contribution in [2.45, 2.75) is 33.2 Å². The summed E-state index contributed by atoms with van der Waals surface area (Å²) in [4.78, 5) is 11.8. The Morgan fingerprint density at radius 3 is 2.90 bits per heavy atom. The lowest BCUT2D eigenvalue weighted by Gasteiger charge is -2.06. The lowest BCUT2D eigenvalue weighted by atomic mass is 10.1. The first kappa shape index (κ1) is 15.8. The van der Waals surface area contributed by atoms with Gasteiger partial charge in [0, 0.05) is 23.8 Å². The van der Waals surface area contributed by atoms with Crippen molar-refractivity contribution in [3.05, 3.63) is 29.0 Å². The fourth-order valence-corrected chi connectivity index (χ4v) is 3.62. The number of carbonyl (C=O) groups is 1. The standard InChI is InChI=1S/C14H20N2O4S/c1-10(2)5-12-7-13(20-16-12)8-15-14(17)6-11-3-4-21(18,19)9-11/h3-4,7,10-11H,5-6,8-9H2,1-2H3,(H,15,17). The van der Waals surface area contributed by atoms with Crippen molar-refractivity contribution in [3.8, 4) is 0 Å². The Labute approximate surface area is 124 Å². The van der Waals surface area contributed by atoms with E-state index in [9.17, 15) is 13.2 Å². The van der Waals surface area contributed by atoms with Crippen molar-refractivity contribution in [1.29, 1.82) is 0 Å². The quantitative estimate of drug-likeness (QED) is 0.858. The molecule has 2 rings (SSSR count). The van der Waals surface area contributed by atoms with Crippen LogP contribution in [0.4, 0.5) is 0 Å². The molecule has 2 heterocycles. The van der Waals surface area contributed by atoms with Crippen molar-refractivity contribution in [2.24, 2.45) is 11.8 Å². The van der Waals surface area contributed by atoms with Crippen molar-refractivity contribution in [2.75, 3.05) is 5.75 Å². The number of hydrogen-bond acceptors (Lipinski definition) is 5. The maximum atomic E-state index is 11.8. The van der Waals surface area contributed by atoms with Crippen LogP contribution in [0.25, 0.3) is 0 Å². The molecule has 21 heavy (non-hydrogen) atoms. The minimum atomic E-state index is -3.11. The van der Waals surface area contributed by atoms with Crippen LogP contribution >= 0.6 is 0 Å². The van der Waals surface area contributed by atoms with Crippen LogP contribution in [0.15, 0.2) is 22.1 Å². The minimum Gasteiger partial charge on any atom is -0.359 e. The number of carbonyl (C=O) groups excluding carboxylic acids is 1. The van der Waals surface area contributed by atoms with Gasteiger partial charge >= 0.3 is 0 Å². The van der Waals surface area contributed by atoms with Crippen molar-refractivity contribution in [1.82, 2.24) is 10.5 Å². The van der Waals surface area contributed by atoms with Gasteiger partial charge in [-0.3, -0.25) is 4.79 Å². The first-order valence-electron chi connectivity index (χ1n) is 6.96. The molecule has 1 amide bonds. The second-order valence-electron chi connectivity index (χ2n) is 5.78. The van der Waals surface area contributed by atoms with Gasteiger partial charge in [0.2, 0.25) is 5.91 Å². The zero-order valence-electron chi connectivity index (χ0n) is 12.2. The van der Waals surface area contributed by atoms with E-state index in [2.05, 4.69) is 24.3 Å². The van der Waals surface area contributed by atoms with E-state index >= 15 is 0 Å². The van der Waals surface area contributed by atoms with Gasteiger partial charge in [0.25, 0.3) is 0 Å². The first-order chi connectivity index (χ1) is 9.84. The molecule has 7 heteroatoms. The van der Waals surface area contributed by atoms with Gasteiger partial charge in [-0.1, -0.05) is 25.1 Å². The third-order valence-electron chi connectivity index (χ3n) is 3.14. The zero-order chi connectivity index (χ0) is 15.5. The minimum absolute atomic E-state index is 0.0151. The molecule has 0 saturated carbocycles. The molecule has 0 fully saturated rings. The summed E-state index contributed by atoms with van der Waals surface area (Å²) < 4.78 is 27.6. The molecular formula is C14H20N2O4S. The van der Waals surface area contributed by atoms with Gasteiger partial charge in [-0.05, 0) is 12.3 Å². The van der Waals surface area contributed by atoms with Gasteiger partial charge in [-0.15, -0.1) is 0 Å². The van der Waals surface area contributed by atoms with Crippen LogP contribution in [0.5, 0.6) is 0 Å². The topological polar surface area (TPSA) is 89.3 Å². The van der Waals surface area contributed by atoms with Crippen LogP contribution in [0.2, 0.25) is 0 Å². The van der Waals surface area contributed by atoms with Gasteiger partial charge in [-0.2, -0.15) is 0 Å². The summed E-state index contributed by atoms with van der Waals surface area (Å²) in [7, 11) is -3.11. The molecule has 0 saturated heterocycles. The zero-order valence-corrected chi connectivity index (χ0v) is 13.0. The molecule has 0 aliphatic carbocycles. The summed E-state index contributed by atoms with van der Waals surface area (Å²) in [6.07, 6.45) is 2.58. The van der Waals surface area contributed by atoms with Crippen molar-refractivity contribution >= 4 is 15.7 Å². The van der Waals surface area contributed by atoms with Gasteiger partial charge in [-0.25, -0.2) is 8.42 Å². The van der Waals surface area contributed by atoms with Crippen molar-refractivity contribution in [3.63, 3.8) is 0 Å². The molecule has 0 bridgehead atoms. The molecule has 1 unspecified atom stereocenters. The predicted molar refractivity (Wildman–Crippen MR) is 77.9 cm³/mol. The van der Waals surface area contributed by atoms with Gasteiger partial charge in [0.05, 0.1) is 18.0 Å². The number of amides is 1. The average Bonchev–Trinajstić information content (AvgIpc) is 2.93. The first-order valence-corrected chi connectivity index (χ1v) is 8.68. The highest BCUT2D eigenvalue weighted by atomic mass is 32.2. The average molecular weight is 312 g/mol. The fraction of sp³-hybridized carbons (Fsp3) is 0.571. The third kappa shape index (κ3) is 5.00. The largest absolute Gasteiger partial charge is 0.359 e. The van der Waals surface area contributed by atoms with Gasteiger partial charge in [0.1, 0.15) is 0 Å². The van der Waals surface area contributed by atoms with Crippen LogP contribution in [-0.2, 0) is 27.6 Å². The summed E-state index contributed by atoms with van der Waals surface area (Å²) in [5, 5.41) is 7.84. The fourth-order valence-electron chi connectivity index (χ4n) is 2.22. The highest BCUT2D eigenvalue weighted by Crippen LogP contribution is 2.18. The van der Waals surface area contributed by atoms with E-state index in [-0.39, 0.29) is 30.5 Å². The normalized spacial score (nSPS) is 20.0. The smallest absolute Gasteiger partial charge is 0.220 e. The number of nitrogens with one attached hydrogen (secondary N) is 1. The molecule has 1 aromatic rings. The van der Waals surface area contributed by atoms with E-state index in [0.717, 1.165) is 12.1 Å². The lowest BCUT2D eigenvalue weighted by Crippen LogP contribution is -2.25. The maximum absolute atomic E-state index is 11.8. The van der Waals surface area contributed by atoms with Crippen molar-refractivity contribution < 1.29 is 17.7 Å². The number of nitrogens with zero attached hydrogens (tertiary/aromatic N) is 1. The number of sulfone groups is 1. The Morgan fingerprint density at radius 1 is 1.52 bits per heavy atom. The highest BCUT2D eigenvalue weighted by Gasteiger charge is 2.23. The third-order valence-corrected chi connectivity index (χ3v) is 4.60. The Morgan fingerprint density at radius 2 is 2.29 bits per heavy atom. The van der Waals surface area contributed by atoms with E-state index in [4.69, 9.17) is 4.52 Å². The molecule has 1 N–H and O–H groups in total. The Balaban J connectivity index is 1.77. The van der Waals surface area contributed by atoms with Gasteiger partial charge in [0.15, 0.2) is 15.6 Å². The van der Waals surface area contributed by atoms with E-state index in [1.54, 1.807) is 6.08 Å². The summed E-state index contributed by atoms with van der Waals surface area (Å²) in [6.45, 7) is 4.46. The molecule has 1 atom stereocenters. The lowest BCUT2D eigenvalue weighted by molar-refractivity contribution is -0.121. The molecule has 6 nitrogen and oxygen atoms in total. The summed E-state index contributed by atoms with van der Waals surface area (Å²) in [6, 6.07) is 1.83. The molecule has 0 radical (unpaired) electrons. The molecule has 1 aromatic heterocycles. The number of hydrogen-bond donors (Lipinski definition) is 1. The molecule has 0 spiro atoms. The SMILES string of the molecule is CC(C)Cc1cc(CNC(=O)CC2C=CS(=O)(=O)C2)on1. The molecule has 116 valence electrons. The highest BCUT2D eigenvalue weighted by molar-refractivity contribution is 7.94.